The average molecular weight is 342 g/mol. The highest BCUT2D eigenvalue weighted by Gasteiger charge is 2.09. The Hall–Kier alpha value is -1.33. The number of benzene rings is 1. The van der Waals surface area contributed by atoms with E-state index in [0.29, 0.717) is 24.9 Å². The molecule has 0 fully saturated rings. The van der Waals surface area contributed by atoms with Crippen molar-refractivity contribution in [1.29, 1.82) is 0 Å². The van der Waals surface area contributed by atoms with Gasteiger partial charge < -0.3 is 14.5 Å². The first-order valence-electron chi connectivity index (χ1n) is 6.42. The third-order valence-corrected chi connectivity index (χ3v) is 3.44. The lowest BCUT2D eigenvalue weighted by Gasteiger charge is -2.10. The van der Waals surface area contributed by atoms with E-state index >= 15 is 0 Å². The van der Waals surface area contributed by atoms with Crippen LogP contribution in [-0.4, -0.2) is 6.04 Å². The van der Waals surface area contributed by atoms with Crippen LogP contribution in [0.3, 0.4) is 0 Å². The number of nitrogens with one attached hydrogen (secondary N) is 1. The van der Waals surface area contributed by atoms with Crippen LogP contribution in [0.1, 0.15) is 25.2 Å². The predicted molar refractivity (Wildman–Crippen MR) is 79.1 cm³/mol. The fourth-order valence-corrected chi connectivity index (χ4v) is 2.05. The summed E-state index contributed by atoms with van der Waals surface area (Å²) >= 11 is 3.34. The molecule has 2 rings (SSSR count). The van der Waals surface area contributed by atoms with Crippen LogP contribution < -0.4 is 10.1 Å². The molecule has 0 saturated carbocycles. The second-order valence-corrected chi connectivity index (χ2v) is 5.62. The van der Waals surface area contributed by atoms with E-state index < -0.39 is 0 Å². The molecule has 2 aromatic rings. The molecule has 0 aliphatic carbocycles. The summed E-state index contributed by atoms with van der Waals surface area (Å²) in [5, 5.41) is 3.29. The lowest BCUT2D eigenvalue weighted by Crippen LogP contribution is -2.22. The van der Waals surface area contributed by atoms with Crippen LogP contribution in [0.2, 0.25) is 0 Å². The molecule has 1 aromatic carbocycles. The minimum atomic E-state index is -0.322. The van der Waals surface area contributed by atoms with Gasteiger partial charge in [0, 0.05) is 17.7 Å². The first-order chi connectivity index (χ1) is 9.56. The number of furan rings is 1. The minimum Gasteiger partial charge on any atom is -0.487 e. The van der Waals surface area contributed by atoms with E-state index in [1.165, 1.54) is 12.1 Å². The molecule has 108 valence electrons. The van der Waals surface area contributed by atoms with Crippen molar-refractivity contribution in [2.24, 2.45) is 0 Å². The maximum absolute atomic E-state index is 13.2. The van der Waals surface area contributed by atoms with Gasteiger partial charge in [0.05, 0.1) is 17.3 Å². The number of rotatable bonds is 6. The summed E-state index contributed by atoms with van der Waals surface area (Å²) < 4.78 is 25.0. The first kappa shape index (κ1) is 15.1. The lowest BCUT2D eigenvalue weighted by atomic mass is 10.2. The van der Waals surface area contributed by atoms with Crippen molar-refractivity contribution in [3.63, 3.8) is 0 Å². The zero-order valence-electron chi connectivity index (χ0n) is 11.5. The molecule has 0 atom stereocenters. The van der Waals surface area contributed by atoms with Gasteiger partial charge in [-0.1, -0.05) is 13.8 Å². The van der Waals surface area contributed by atoms with Crippen LogP contribution in [0.4, 0.5) is 4.39 Å². The molecule has 0 saturated heterocycles. The molecule has 0 unspecified atom stereocenters. The molecule has 1 aromatic heterocycles. The van der Waals surface area contributed by atoms with E-state index in [4.69, 9.17) is 9.15 Å². The van der Waals surface area contributed by atoms with E-state index in [1.807, 2.05) is 6.07 Å². The van der Waals surface area contributed by atoms with Gasteiger partial charge in [0.2, 0.25) is 0 Å². The van der Waals surface area contributed by atoms with Gasteiger partial charge in [-0.2, -0.15) is 0 Å². The van der Waals surface area contributed by atoms with Crippen LogP contribution in [-0.2, 0) is 13.2 Å². The first-order valence-corrected chi connectivity index (χ1v) is 7.22. The summed E-state index contributed by atoms with van der Waals surface area (Å²) in [6.45, 7) is 5.13. The third kappa shape index (κ3) is 4.08. The van der Waals surface area contributed by atoms with Crippen molar-refractivity contribution in [2.75, 3.05) is 0 Å². The fraction of sp³-hybridized carbons (Fsp3) is 0.333. The number of halogens is 2. The van der Waals surface area contributed by atoms with Gasteiger partial charge in [0.25, 0.3) is 0 Å². The molecule has 1 N–H and O–H groups in total. The number of hydrogen-bond donors (Lipinski definition) is 1. The summed E-state index contributed by atoms with van der Waals surface area (Å²) in [7, 11) is 0. The Kier molecular flexibility index (Phi) is 5.20. The minimum absolute atomic E-state index is 0.322. The summed E-state index contributed by atoms with van der Waals surface area (Å²) in [4.78, 5) is 0. The van der Waals surface area contributed by atoms with Crippen LogP contribution in [0.15, 0.2) is 39.4 Å². The molecule has 3 nitrogen and oxygen atoms in total. The molecule has 0 bridgehead atoms. The molecule has 0 amide bonds. The summed E-state index contributed by atoms with van der Waals surface area (Å²) in [6, 6.07) is 6.61. The SMILES string of the molecule is CC(C)NCc1occc1COc1cc(F)ccc1Br. The van der Waals surface area contributed by atoms with Crippen molar-refractivity contribution in [1.82, 2.24) is 5.32 Å². The topological polar surface area (TPSA) is 34.4 Å². The Labute approximate surface area is 126 Å². The monoisotopic (exact) mass is 341 g/mol. The molecule has 0 aliphatic rings. The van der Waals surface area contributed by atoms with E-state index in [1.54, 1.807) is 12.3 Å². The predicted octanol–water partition coefficient (Wildman–Crippen LogP) is 4.26. The number of ether oxygens (including phenoxy) is 1. The maximum atomic E-state index is 13.2. The standard InChI is InChI=1S/C15H17BrFNO2/c1-10(2)18-8-15-11(5-6-19-15)9-20-14-7-12(17)3-4-13(14)16/h3-7,10,18H,8-9H2,1-2H3. The average Bonchev–Trinajstić information content (AvgIpc) is 2.85. The lowest BCUT2D eigenvalue weighted by molar-refractivity contribution is 0.297. The Morgan fingerprint density at radius 1 is 1.35 bits per heavy atom. The van der Waals surface area contributed by atoms with Crippen LogP contribution in [0.25, 0.3) is 0 Å². The second kappa shape index (κ2) is 6.90. The van der Waals surface area contributed by atoms with Crippen molar-refractivity contribution in [3.8, 4) is 5.75 Å². The van der Waals surface area contributed by atoms with Crippen molar-refractivity contribution in [3.05, 3.63) is 52.1 Å². The largest absolute Gasteiger partial charge is 0.487 e. The molecule has 1 heterocycles. The van der Waals surface area contributed by atoms with Gasteiger partial charge in [0.1, 0.15) is 23.9 Å². The summed E-state index contributed by atoms with van der Waals surface area (Å²) in [5.41, 5.74) is 0.953. The molecular weight excluding hydrogens is 325 g/mol. The Morgan fingerprint density at radius 2 is 2.15 bits per heavy atom. The molecule has 5 heteroatoms. The van der Waals surface area contributed by atoms with E-state index in [2.05, 4.69) is 35.1 Å². The fourth-order valence-electron chi connectivity index (χ4n) is 1.69. The molecular formula is C15H17BrFNO2. The Balaban J connectivity index is 2.00. The normalized spacial score (nSPS) is 11.1. The molecule has 0 aliphatic heterocycles. The van der Waals surface area contributed by atoms with Gasteiger partial charge in [-0.15, -0.1) is 0 Å². The van der Waals surface area contributed by atoms with Crippen LogP contribution >= 0.6 is 15.9 Å². The van der Waals surface area contributed by atoms with Gasteiger partial charge in [-0.05, 0) is 34.1 Å². The van der Waals surface area contributed by atoms with E-state index in [9.17, 15) is 4.39 Å². The zero-order valence-corrected chi connectivity index (χ0v) is 13.0. The highest BCUT2D eigenvalue weighted by Crippen LogP contribution is 2.26. The highest BCUT2D eigenvalue weighted by atomic mass is 79.9. The van der Waals surface area contributed by atoms with E-state index in [-0.39, 0.29) is 5.82 Å². The van der Waals surface area contributed by atoms with Crippen LogP contribution in [0, 0.1) is 5.82 Å². The zero-order chi connectivity index (χ0) is 14.5. The molecule has 0 radical (unpaired) electrons. The summed E-state index contributed by atoms with van der Waals surface area (Å²) in [5.74, 6) is 0.997. The van der Waals surface area contributed by atoms with Crippen LogP contribution in [0.5, 0.6) is 5.75 Å². The smallest absolute Gasteiger partial charge is 0.136 e. The van der Waals surface area contributed by atoms with Gasteiger partial charge in [-0.25, -0.2) is 4.39 Å². The third-order valence-electron chi connectivity index (χ3n) is 2.78. The van der Waals surface area contributed by atoms with Gasteiger partial charge in [0.15, 0.2) is 0 Å². The highest BCUT2D eigenvalue weighted by molar-refractivity contribution is 9.10. The van der Waals surface area contributed by atoms with E-state index in [0.717, 1.165) is 15.8 Å². The maximum Gasteiger partial charge on any atom is 0.136 e. The number of hydrogen-bond acceptors (Lipinski definition) is 3. The molecule has 0 spiro atoms. The van der Waals surface area contributed by atoms with Crippen molar-refractivity contribution in [2.45, 2.75) is 33.0 Å². The molecule has 20 heavy (non-hydrogen) atoms. The Bertz CT molecular complexity index is 569. The van der Waals surface area contributed by atoms with Crippen molar-refractivity contribution < 1.29 is 13.5 Å². The van der Waals surface area contributed by atoms with Gasteiger partial charge >= 0.3 is 0 Å². The Morgan fingerprint density at radius 3 is 2.90 bits per heavy atom. The van der Waals surface area contributed by atoms with Crippen molar-refractivity contribution >= 4 is 15.9 Å². The second-order valence-electron chi connectivity index (χ2n) is 4.77. The van der Waals surface area contributed by atoms with Gasteiger partial charge in [-0.3, -0.25) is 0 Å². The summed E-state index contributed by atoms with van der Waals surface area (Å²) in [6.07, 6.45) is 1.64. The quantitative estimate of drug-likeness (QED) is 0.852.